The highest BCUT2D eigenvalue weighted by Gasteiger charge is 2.52. The minimum absolute atomic E-state index is 0.000389. The Kier molecular flexibility index (Phi) is 15.7. The third-order valence-corrected chi connectivity index (χ3v) is 16.3. The van der Waals surface area contributed by atoms with Gasteiger partial charge in [0.25, 0.3) is 23.6 Å². The summed E-state index contributed by atoms with van der Waals surface area (Å²) < 4.78 is 43.4. The number of nitrogens with zero attached hydrogens (tertiary/aromatic N) is 3. The van der Waals surface area contributed by atoms with E-state index in [1.165, 1.54) is 19.2 Å². The minimum atomic E-state index is -1.55. The van der Waals surface area contributed by atoms with Crippen LogP contribution < -0.4 is 30.5 Å². The molecule has 0 aromatic heterocycles. The molecule has 8 aliphatic rings. The van der Waals surface area contributed by atoms with Gasteiger partial charge in [-0.25, -0.2) is 4.39 Å². The van der Waals surface area contributed by atoms with E-state index in [1.807, 2.05) is 60.6 Å². The van der Waals surface area contributed by atoms with E-state index in [0.29, 0.717) is 75.9 Å². The molecule has 4 amide bonds. The Morgan fingerprint density at radius 3 is 1.45 bits per heavy atom. The van der Waals surface area contributed by atoms with E-state index < -0.39 is 20.1 Å². The van der Waals surface area contributed by atoms with Crippen LogP contribution in [0.25, 0.3) is 0 Å². The standard InChI is InChI=1S/C19H26BNO4.C13H16BNO4.C13H14BrNO2.C9H7BrFNO/c1-18(2)19(3,4)25-20(24-18)13-10-12-8-9-21(14-6-7-14)17(22)16(12)15(11-13)23-5;1-19-11-7-9(14(17)18)6-8-4-5-15(10-2-3-10)13(16)12(8)11;1-17-11-7-9(14)6-8-4-5-15(10-2-3-10)13(16)12(8)11;10-6-3-5-1-2-12-9(13)8(5)7(11)4-6/h10-11,14H,6-9H2,1-5H3;6-7,10,17-18H,2-5H2,1H3;6-7,10H,2-5H2,1H3;3-4H,1-2H2,(H,12,13). The van der Waals surface area contributed by atoms with Crippen molar-refractivity contribution in [3.63, 3.8) is 0 Å². The van der Waals surface area contributed by atoms with Crippen LogP contribution in [0.2, 0.25) is 0 Å². The zero-order valence-corrected chi connectivity index (χ0v) is 46.1. The van der Waals surface area contributed by atoms with Crippen LogP contribution >= 0.6 is 31.9 Å². The maximum Gasteiger partial charge on any atom is 0.494 e. The fourth-order valence-corrected chi connectivity index (χ4v) is 11.2. The van der Waals surface area contributed by atoms with Crippen LogP contribution in [0.15, 0.2) is 57.5 Å². The van der Waals surface area contributed by atoms with E-state index in [-0.39, 0.29) is 40.4 Å². The molecule has 74 heavy (non-hydrogen) atoms. The van der Waals surface area contributed by atoms with E-state index in [4.69, 9.17) is 23.5 Å². The Hall–Kier alpha value is -4.98. The first kappa shape index (κ1) is 53.8. The number of fused-ring (bicyclic) bond motifs is 4. The number of hydrogen-bond acceptors (Lipinski definition) is 11. The van der Waals surface area contributed by atoms with Crippen molar-refractivity contribution in [3.05, 3.63) is 108 Å². The van der Waals surface area contributed by atoms with Crippen molar-refractivity contribution in [1.82, 2.24) is 20.0 Å². The van der Waals surface area contributed by atoms with Crippen molar-refractivity contribution in [2.75, 3.05) is 47.5 Å². The molecule has 12 rings (SSSR count). The molecule has 5 aliphatic heterocycles. The zero-order valence-electron chi connectivity index (χ0n) is 42.9. The number of hydrogen-bond donors (Lipinski definition) is 3. The molecule has 0 spiro atoms. The predicted octanol–water partition coefficient (Wildman–Crippen LogP) is 6.18. The van der Waals surface area contributed by atoms with Gasteiger partial charge in [0.1, 0.15) is 23.1 Å². The van der Waals surface area contributed by atoms with Crippen LogP contribution in [0.5, 0.6) is 17.2 Å². The Labute approximate surface area is 449 Å². The average Bonchev–Trinajstić information content (AvgIpc) is 4.20. The molecule has 3 N–H and O–H groups in total. The lowest BCUT2D eigenvalue weighted by atomic mass is 9.76. The quantitative estimate of drug-likeness (QED) is 0.172. The summed E-state index contributed by atoms with van der Waals surface area (Å²) in [7, 11) is 2.74. The van der Waals surface area contributed by atoms with Gasteiger partial charge < -0.3 is 53.6 Å². The van der Waals surface area contributed by atoms with E-state index in [9.17, 15) is 33.6 Å². The van der Waals surface area contributed by atoms with E-state index in [1.54, 1.807) is 26.4 Å². The van der Waals surface area contributed by atoms with Crippen LogP contribution in [0.1, 0.15) is 130 Å². The van der Waals surface area contributed by atoms with Crippen molar-refractivity contribution in [2.45, 2.75) is 121 Å². The second kappa shape index (κ2) is 21.6. The van der Waals surface area contributed by atoms with Crippen molar-refractivity contribution in [3.8, 4) is 17.2 Å². The summed E-state index contributed by atoms with van der Waals surface area (Å²) >= 11 is 6.64. The number of rotatable bonds is 8. The van der Waals surface area contributed by atoms with Gasteiger partial charge in [-0.15, -0.1) is 0 Å². The molecule has 0 atom stereocenters. The van der Waals surface area contributed by atoms with Crippen LogP contribution in [-0.4, -0.2) is 139 Å². The Morgan fingerprint density at radius 2 is 1.00 bits per heavy atom. The number of methoxy groups -OCH3 is 3. The summed E-state index contributed by atoms with van der Waals surface area (Å²) in [6, 6.07) is 15.4. The summed E-state index contributed by atoms with van der Waals surface area (Å²) in [4.78, 5) is 55.0. The monoisotopic (exact) mass is 1140 g/mol. The fourth-order valence-electron chi connectivity index (χ4n) is 10.2. The fraction of sp³-hybridized carbons (Fsp3) is 0.481. The Balaban J connectivity index is 0.000000124. The van der Waals surface area contributed by atoms with Crippen LogP contribution in [-0.2, 0) is 35.0 Å². The lowest BCUT2D eigenvalue weighted by molar-refractivity contribution is 0.00578. The molecule has 4 aromatic carbocycles. The normalized spacial score (nSPS) is 20.0. The number of carbonyl (C=O) groups excluding carboxylic acids is 4. The van der Waals surface area contributed by atoms with Crippen molar-refractivity contribution >= 4 is 80.7 Å². The summed E-state index contributed by atoms with van der Waals surface area (Å²) in [6.45, 7) is 11.1. The topological polar surface area (TPSA) is 177 Å². The first-order valence-corrected chi connectivity index (χ1v) is 27.0. The highest BCUT2D eigenvalue weighted by Crippen LogP contribution is 2.40. The molecular formula is C54H63B2Br2FN4O11. The molecule has 4 aromatic rings. The zero-order chi connectivity index (χ0) is 53.0. The van der Waals surface area contributed by atoms with Gasteiger partial charge in [0.15, 0.2) is 0 Å². The molecule has 392 valence electrons. The van der Waals surface area contributed by atoms with E-state index >= 15 is 0 Å². The Bertz CT molecular complexity index is 2810. The highest BCUT2D eigenvalue weighted by molar-refractivity contribution is 9.10. The first-order chi connectivity index (χ1) is 35.2. The predicted molar refractivity (Wildman–Crippen MR) is 286 cm³/mol. The Morgan fingerprint density at radius 1 is 0.595 bits per heavy atom. The van der Waals surface area contributed by atoms with Gasteiger partial charge in [0, 0.05) is 53.2 Å². The average molecular weight is 1140 g/mol. The second-order valence-electron chi connectivity index (χ2n) is 21.0. The number of halogens is 3. The molecule has 0 unspecified atom stereocenters. The van der Waals surface area contributed by atoms with Gasteiger partial charge in [-0.05, 0) is 161 Å². The van der Waals surface area contributed by atoms with Gasteiger partial charge in [-0.3, -0.25) is 19.2 Å². The SMILES string of the molecule is COc1cc(B(O)O)cc2c1C(=O)N(C1CC1)CC2.COc1cc(B2OC(C)(C)C(C)(C)O2)cc2c1C(=O)N(C1CC1)CC2.COc1cc(Br)cc2c1C(=O)N(C1CC1)CC2.O=C1NCCc2cc(Br)cc(F)c21. The van der Waals surface area contributed by atoms with Crippen molar-refractivity contribution in [2.24, 2.45) is 0 Å². The molecular weight excluding hydrogens is 1080 g/mol. The summed E-state index contributed by atoms with van der Waals surface area (Å²) in [5.74, 6) is 1.20. The van der Waals surface area contributed by atoms with Crippen LogP contribution in [0.3, 0.4) is 0 Å². The first-order valence-electron chi connectivity index (χ1n) is 25.4. The molecule has 5 heterocycles. The van der Waals surface area contributed by atoms with Gasteiger partial charge in [-0.1, -0.05) is 44.0 Å². The maximum absolute atomic E-state index is 13.3. The largest absolute Gasteiger partial charge is 0.496 e. The van der Waals surface area contributed by atoms with E-state index in [2.05, 4.69) is 43.2 Å². The van der Waals surface area contributed by atoms with E-state index in [0.717, 1.165) is 109 Å². The van der Waals surface area contributed by atoms with Crippen LogP contribution in [0.4, 0.5) is 4.39 Å². The highest BCUT2D eigenvalue weighted by atomic mass is 79.9. The molecule has 0 bridgehead atoms. The lowest BCUT2D eigenvalue weighted by Crippen LogP contribution is -2.41. The minimum Gasteiger partial charge on any atom is -0.496 e. The maximum atomic E-state index is 13.3. The summed E-state index contributed by atoms with van der Waals surface area (Å²) in [6.07, 6.45) is 9.90. The number of benzene rings is 4. The third kappa shape index (κ3) is 11.1. The van der Waals surface area contributed by atoms with Crippen molar-refractivity contribution in [1.29, 1.82) is 0 Å². The summed E-state index contributed by atoms with van der Waals surface area (Å²) in [5.41, 5.74) is 6.47. The van der Waals surface area contributed by atoms with Gasteiger partial charge in [0.05, 0.1) is 54.8 Å². The number of nitrogens with one attached hydrogen (secondary N) is 1. The lowest BCUT2D eigenvalue weighted by Gasteiger charge is -2.32. The van der Waals surface area contributed by atoms with Gasteiger partial charge in [0.2, 0.25) is 0 Å². The molecule has 15 nitrogen and oxygen atoms in total. The second-order valence-corrected chi connectivity index (χ2v) is 22.8. The molecule has 1 saturated heterocycles. The number of amides is 4. The molecule has 0 radical (unpaired) electrons. The summed E-state index contributed by atoms with van der Waals surface area (Å²) in [5, 5.41) is 21.1. The third-order valence-electron chi connectivity index (χ3n) is 15.3. The molecule has 20 heteroatoms. The van der Waals surface area contributed by atoms with Crippen LogP contribution in [0, 0.1) is 5.82 Å². The number of ether oxygens (including phenoxy) is 3. The number of carbonyl (C=O) groups is 4. The van der Waals surface area contributed by atoms with Crippen molar-refractivity contribution < 1.29 is 57.1 Å². The smallest absolute Gasteiger partial charge is 0.494 e. The van der Waals surface area contributed by atoms with Gasteiger partial charge in [-0.2, -0.15) is 0 Å². The van der Waals surface area contributed by atoms with Gasteiger partial charge >= 0.3 is 14.2 Å². The molecule has 3 saturated carbocycles. The molecule has 4 fully saturated rings. The molecule has 3 aliphatic carbocycles.